The minimum absolute atomic E-state index is 0.108. The number of nitrogens with zero attached hydrogens (tertiary/aromatic N) is 1. The largest absolute Gasteiger partial charge is 0.367 e. The quantitative estimate of drug-likeness (QED) is 0.548. The van der Waals surface area contributed by atoms with Crippen LogP contribution >= 0.6 is 0 Å². The molecule has 1 aliphatic carbocycles. The van der Waals surface area contributed by atoms with Gasteiger partial charge in [0.15, 0.2) is 11.6 Å². The Hall–Kier alpha value is -2.58. The molecule has 1 aromatic carbocycles. The summed E-state index contributed by atoms with van der Waals surface area (Å²) in [6, 6.07) is 8.12. The average Bonchev–Trinajstić information content (AvgIpc) is 2.55. The van der Waals surface area contributed by atoms with Gasteiger partial charge in [-0.05, 0) is 6.07 Å². The maximum atomic E-state index is 12.7. The normalized spacial score (nSPS) is 13.4. The van der Waals surface area contributed by atoms with Crippen LogP contribution in [0.15, 0.2) is 36.5 Å². The topological polar surface area (TPSA) is 102 Å². The summed E-state index contributed by atoms with van der Waals surface area (Å²) in [6.45, 7) is 0.0164. The van der Waals surface area contributed by atoms with E-state index >= 15 is 0 Å². The van der Waals surface area contributed by atoms with Gasteiger partial charge in [0.2, 0.25) is 0 Å². The zero-order chi connectivity index (χ0) is 17.3. The highest BCUT2D eigenvalue weighted by Crippen LogP contribution is 2.30. The van der Waals surface area contributed by atoms with Crippen molar-refractivity contribution in [2.45, 2.75) is 0 Å². The number of carbonyl (C=O) groups excluding carboxylic acids is 2. The van der Waals surface area contributed by atoms with Crippen molar-refractivity contribution in [1.82, 2.24) is 4.98 Å². The lowest BCUT2D eigenvalue weighted by atomic mass is 9.84. The highest BCUT2D eigenvalue weighted by atomic mass is 32.2. The second-order valence-electron chi connectivity index (χ2n) is 5.24. The molecule has 8 heteroatoms. The van der Waals surface area contributed by atoms with Gasteiger partial charge >= 0.3 is 0 Å². The molecule has 1 aliphatic rings. The predicted molar refractivity (Wildman–Crippen MR) is 86.8 cm³/mol. The number of benzene rings is 1. The molecule has 0 atom stereocenters. The van der Waals surface area contributed by atoms with Crippen LogP contribution in [-0.4, -0.2) is 44.4 Å². The maximum Gasteiger partial charge on any atom is 0.264 e. The second kappa shape index (κ2) is 6.14. The van der Waals surface area contributed by atoms with Crippen molar-refractivity contribution < 1.29 is 22.2 Å². The van der Waals surface area contributed by atoms with Gasteiger partial charge in [0.1, 0.15) is 5.82 Å². The number of fused-ring (bicyclic) bond motifs is 2. The molecule has 1 N–H and O–H groups in total. The summed E-state index contributed by atoms with van der Waals surface area (Å²) in [6.07, 6.45) is 2.38. The molecule has 0 fully saturated rings. The fraction of sp³-hybridized carbons (Fsp3) is 0.188. The third kappa shape index (κ3) is 3.06. The molecule has 0 radical (unpaired) electrons. The molecule has 0 spiro atoms. The fourth-order valence-electron chi connectivity index (χ4n) is 2.54. The van der Waals surface area contributed by atoms with Gasteiger partial charge in [-0.3, -0.25) is 13.8 Å². The Morgan fingerprint density at radius 2 is 1.71 bits per heavy atom. The molecule has 0 saturated carbocycles. The Morgan fingerprint density at radius 3 is 2.38 bits per heavy atom. The van der Waals surface area contributed by atoms with Gasteiger partial charge in [-0.1, -0.05) is 24.3 Å². The first-order valence-electron chi connectivity index (χ1n) is 7.14. The number of rotatable bonds is 5. The van der Waals surface area contributed by atoms with Gasteiger partial charge in [-0.15, -0.1) is 0 Å². The van der Waals surface area contributed by atoms with Crippen molar-refractivity contribution in [1.29, 1.82) is 0 Å². The summed E-state index contributed by atoms with van der Waals surface area (Å²) < 4.78 is 26.5. The average molecular weight is 346 g/mol. The van der Waals surface area contributed by atoms with Crippen molar-refractivity contribution in [3.63, 3.8) is 0 Å². The van der Waals surface area contributed by atoms with Gasteiger partial charge in [0, 0.05) is 29.4 Å². The summed E-state index contributed by atoms with van der Waals surface area (Å²) in [7, 11) is -3.54. The summed E-state index contributed by atoms with van der Waals surface area (Å²) in [5.74, 6) is -0.296. The molecule has 7 nitrogen and oxygen atoms in total. The van der Waals surface area contributed by atoms with Crippen molar-refractivity contribution >= 4 is 27.5 Å². The molecule has 1 aromatic heterocycles. The van der Waals surface area contributed by atoms with Gasteiger partial charge < -0.3 is 5.32 Å². The molecule has 0 aliphatic heterocycles. The molecule has 0 amide bonds. The third-order valence-corrected chi connectivity index (χ3v) is 4.13. The van der Waals surface area contributed by atoms with Crippen molar-refractivity contribution in [2.75, 3.05) is 24.7 Å². The zero-order valence-electron chi connectivity index (χ0n) is 12.8. The fourth-order valence-corrected chi connectivity index (χ4v) is 2.92. The van der Waals surface area contributed by atoms with E-state index in [-0.39, 0.29) is 41.7 Å². The minimum atomic E-state index is -3.54. The van der Waals surface area contributed by atoms with E-state index in [0.717, 1.165) is 6.26 Å². The van der Waals surface area contributed by atoms with E-state index < -0.39 is 10.1 Å². The summed E-state index contributed by atoms with van der Waals surface area (Å²) >= 11 is 0. The standard InChI is InChI=1S/C16H14N2O5S/c1-24(21,22)23-9-8-18-16-13-12(6-7-17-16)14(19)10-4-2-3-5-11(10)15(13)20/h2-7H,8-9H2,1H3,(H,17,18). The second-order valence-corrected chi connectivity index (χ2v) is 6.88. The van der Waals surface area contributed by atoms with Crippen molar-refractivity contribution in [3.05, 3.63) is 58.8 Å². The van der Waals surface area contributed by atoms with Crippen LogP contribution in [0.5, 0.6) is 0 Å². The highest BCUT2D eigenvalue weighted by molar-refractivity contribution is 7.85. The van der Waals surface area contributed by atoms with Crippen LogP contribution in [-0.2, 0) is 14.3 Å². The first kappa shape index (κ1) is 16.3. The van der Waals surface area contributed by atoms with Crippen LogP contribution < -0.4 is 5.32 Å². The summed E-state index contributed by atoms with van der Waals surface area (Å²) in [5.41, 5.74) is 1.17. The SMILES string of the molecule is CS(=O)(=O)OCCNc1nccc2c1C(=O)c1ccccc1C2=O. The van der Waals surface area contributed by atoms with E-state index in [1.807, 2.05) is 0 Å². The lowest BCUT2D eigenvalue weighted by Crippen LogP contribution is -2.24. The predicted octanol–water partition coefficient (Wildman–Crippen LogP) is 1.25. The minimum Gasteiger partial charge on any atom is -0.367 e. The first-order valence-corrected chi connectivity index (χ1v) is 8.96. The Kier molecular flexibility index (Phi) is 4.16. The van der Waals surface area contributed by atoms with Crippen molar-refractivity contribution in [2.24, 2.45) is 0 Å². The molecule has 0 saturated heterocycles. The molecular formula is C16H14N2O5S. The number of ketones is 2. The van der Waals surface area contributed by atoms with Gasteiger partial charge in [0.05, 0.1) is 18.4 Å². The Labute approximate surface area is 138 Å². The monoisotopic (exact) mass is 346 g/mol. The summed E-state index contributed by atoms with van der Waals surface area (Å²) in [4.78, 5) is 29.4. The lowest BCUT2D eigenvalue weighted by Gasteiger charge is -2.19. The van der Waals surface area contributed by atoms with Crippen LogP contribution in [0.25, 0.3) is 0 Å². The van der Waals surface area contributed by atoms with E-state index in [0.29, 0.717) is 11.1 Å². The number of hydrogen-bond donors (Lipinski definition) is 1. The number of nitrogens with one attached hydrogen (secondary N) is 1. The molecular weight excluding hydrogens is 332 g/mol. The van der Waals surface area contributed by atoms with Crippen LogP contribution in [0.4, 0.5) is 5.82 Å². The summed E-state index contributed by atoms with van der Waals surface area (Å²) in [5, 5.41) is 2.85. The molecule has 3 rings (SSSR count). The van der Waals surface area contributed by atoms with Crippen molar-refractivity contribution in [3.8, 4) is 0 Å². The molecule has 1 heterocycles. The molecule has 2 aromatic rings. The number of hydrogen-bond acceptors (Lipinski definition) is 7. The van der Waals surface area contributed by atoms with Gasteiger partial charge in [-0.2, -0.15) is 8.42 Å². The third-order valence-electron chi connectivity index (χ3n) is 3.53. The van der Waals surface area contributed by atoms with E-state index in [1.54, 1.807) is 24.3 Å². The van der Waals surface area contributed by atoms with Crippen LogP contribution in [0.2, 0.25) is 0 Å². The van der Waals surface area contributed by atoms with E-state index in [1.165, 1.54) is 12.3 Å². The van der Waals surface area contributed by atoms with E-state index in [4.69, 9.17) is 0 Å². The molecule has 0 unspecified atom stereocenters. The van der Waals surface area contributed by atoms with E-state index in [9.17, 15) is 18.0 Å². The van der Waals surface area contributed by atoms with E-state index in [2.05, 4.69) is 14.5 Å². The number of aromatic nitrogens is 1. The number of anilines is 1. The molecule has 124 valence electrons. The van der Waals surface area contributed by atoms with Crippen LogP contribution in [0, 0.1) is 0 Å². The van der Waals surface area contributed by atoms with Gasteiger partial charge in [-0.25, -0.2) is 4.98 Å². The Morgan fingerprint density at radius 1 is 1.04 bits per heavy atom. The first-order chi connectivity index (χ1) is 11.4. The zero-order valence-corrected chi connectivity index (χ0v) is 13.6. The molecule has 24 heavy (non-hydrogen) atoms. The lowest BCUT2D eigenvalue weighted by molar-refractivity contribution is 0.0979. The number of pyridine rings is 1. The Balaban J connectivity index is 1.90. The van der Waals surface area contributed by atoms with Crippen LogP contribution in [0.1, 0.15) is 31.8 Å². The smallest absolute Gasteiger partial charge is 0.264 e. The highest BCUT2D eigenvalue weighted by Gasteiger charge is 2.31. The Bertz CT molecular complexity index is 937. The molecule has 0 bridgehead atoms. The maximum absolute atomic E-state index is 12.7. The number of carbonyl (C=O) groups is 2. The van der Waals surface area contributed by atoms with Gasteiger partial charge in [0.25, 0.3) is 10.1 Å². The van der Waals surface area contributed by atoms with Crippen LogP contribution in [0.3, 0.4) is 0 Å².